The van der Waals surface area contributed by atoms with E-state index in [1.54, 1.807) is 7.11 Å². The van der Waals surface area contributed by atoms with Crippen molar-refractivity contribution in [2.24, 2.45) is 0 Å². The highest BCUT2D eigenvalue weighted by atomic mass is 35.5. The van der Waals surface area contributed by atoms with E-state index in [-0.39, 0.29) is 11.9 Å². The van der Waals surface area contributed by atoms with Crippen LogP contribution >= 0.6 is 11.6 Å². The number of rotatable bonds is 8. The standard InChI is InChI=1S/C13H23ClN4O2/c1-5-18-11(12(14)9(2)17-18)8-16-10(3)13(19)15-6-7-20-4/h10,16H,5-8H2,1-4H3,(H,15,19). The lowest BCUT2D eigenvalue weighted by molar-refractivity contribution is -0.123. The number of aryl methyl sites for hydroxylation is 2. The van der Waals surface area contributed by atoms with Crippen molar-refractivity contribution in [3.8, 4) is 0 Å². The zero-order valence-electron chi connectivity index (χ0n) is 12.5. The predicted octanol–water partition coefficient (Wildman–Crippen LogP) is 1.11. The highest BCUT2D eigenvalue weighted by molar-refractivity contribution is 6.31. The minimum atomic E-state index is -0.302. The van der Waals surface area contributed by atoms with Gasteiger partial charge < -0.3 is 15.4 Å². The number of nitrogens with zero attached hydrogens (tertiary/aromatic N) is 2. The quantitative estimate of drug-likeness (QED) is 0.706. The monoisotopic (exact) mass is 302 g/mol. The molecule has 20 heavy (non-hydrogen) atoms. The summed E-state index contributed by atoms with van der Waals surface area (Å²) in [7, 11) is 1.60. The van der Waals surface area contributed by atoms with Gasteiger partial charge in [0.2, 0.25) is 5.91 Å². The normalized spacial score (nSPS) is 12.4. The fourth-order valence-electron chi connectivity index (χ4n) is 1.81. The van der Waals surface area contributed by atoms with Crippen LogP contribution in [0.25, 0.3) is 0 Å². The molecule has 0 saturated heterocycles. The van der Waals surface area contributed by atoms with E-state index in [1.807, 2.05) is 25.5 Å². The number of hydrogen-bond donors (Lipinski definition) is 2. The van der Waals surface area contributed by atoms with E-state index in [4.69, 9.17) is 16.3 Å². The van der Waals surface area contributed by atoms with Crippen LogP contribution in [0.3, 0.4) is 0 Å². The summed E-state index contributed by atoms with van der Waals surface area (Å²) in [6, 6.07) is -0.302. The second-order valence-corrected chi connectivity index (χ2v) is 4.93. The van der Waals surface area contributed by atoms with Gasteiger partial charge in [0.1, 0.15) is 0 Å². The van der Waals surface area contributed by atoms with Gasteiger partial charge in [-0.2, -0.15) is 5.10 Å². The highest BCUT2D eigenvalue weighted by Crippen LogP contribution is 2.20. The smallest absolute Gasteiger partial charge is 0.236 e. The van der Waals surface area contributed by atoms with Gasteiger partial charge in [-0.3, -0.25) is 9.48 Å². The molecule has 0 bridgehead atoms. The Morgan fingerprint density at radius 1 is 1.55 bits per heavy atom. The van der Waals surface area contributed by atoms with Crippen LogP contribution in [-0.2, 0) is 22.6 Å². The molecule has 1 heterocycles. The second kappa shape index (κ2) is 8.24. The van der Waals surface area contributed by atoms with Gasteiger partial charge in [0.05, 0.1) is 29.1 Å². The maximum absolute atomic E-state index is 11.8. The van der Waals surface area contributed by atoms with Crippen molar-refractivity contribution < 1.29 is 9.53 Å². The molecule has 1 amide bonds. The van der Waals surface area contributed by atoms with Crippen molar-refractivity contribution in [1.29, 1.82) is 0 Å². The molecule has 0 spiro atoms. The number of ether oxygens (including phenoxy) is 1. The van der Waals surface area contributed by atoms with Gasteiger partial charge in [-0.15, -0.1) is 0 Å². The number of halogens is 1. The zero-order valence-corrected chi connectivity index (χ0v) is 13.3. The molecule has 0 aliphatic carbocycles. The van der Waals surface area contributed by atoms with Gasteiger partial charge in [0.25, 0.3) is 0 Å². The molecule has 0 aliphatic rings. The first-order valence-corrected chi connectivity index (χ1v) is 7.10. The van der Waals surface area contributed by atoms with E-state index >= 15 is 0 Å². The van der Waals surface area contributed by atoms with Gasteiger partial charge in [-0.05, 0) is 20.8 Å². The first kappa shape index (κ1) is 16.9. The summed E-state index contributed by atoms with van der Waals surface area (Å²) >= 11 is 6.22. The maximum Gasteiger partial charge on any atom is 0.236 e. The molecule has 2 N–H and O–H groups in total. The Kier molecular flexibility index (Phi) is 6.98. The number of carbonyl (C=O) groups excluding carboxylic acids is 1. The van der Waals surface area contributed by atoms with Crippen molar-refractivity contribution in [2.75, 3.05) is 20.3 Å². The minimum absolute atomic E-state index is 0.0579. The van der Waals surface area contributed by atoms with Gasteiger partial charge in [-0.25, -0.2) is 0 Å². The lowest BCUT2D eigenvalue weighted by Gasteiger charge is -2.14. The van der Waals surface area contributed by atoms with Crippen LogP contribution in [-0.4, -0.2) is 42.0 Å². The number of carbonyl (C=O) groups is 1. The van der Waals surface area contributed by atoms with Crippen molar-refractivity contribution >= 4 is 17.5 Å². The fourth-order valence-corrected chi connectivity index (χ4v) is 2.01. The van der Waals surface area contributed by atoms with Crippen LogP contribution in [0.1, 0.15) is 25.2 Å². The Hall–Kier alpha value is -1.11. The van der Waals surface area contributed by atoms with E-state index < -0.39 is 0 Å². The minimum Gasteiger partial charge on any atom is -0.383 e. The van der Waals surface area contributed by atoms with Crippen LogP contribution in [0.5, 0.6) is 0 Å². The number of amides is 1. The van der Waals surface area contributed by atoms with Crippen LogP contribution < -0.4 is 10.6 Å². The van der Waals surface area contributed by atoms with Crippen molar-refractivity contribution in [2.45, 2.75) is 39.9 Å². The largest absolute Gasteiger partial charge is 0.383 e. The topological polar surface area (TPSA) is 68.2 Å². The Balaban J connectivity index is 2.52. The van der Waals surface area contributed by atoms with E-state index in [1.165, 1.54) is 0 Å². The number of hydrogen-bond acceptors (Lipinski definition) is 4. The van der Waals surface area contributed by atoms with Crippen LogP contribution in [0.2, 0.25) is 5.02 Å². The molecule has 0 saturated carbocycles. The zero-order chi connectivity index (χ0) is 15.1. The first-order chi connectivity index (χ1) is 9.51. The first-order valence-electron chi connectivity index (χ1n) is 6.73. The predicted molar refractivity (Wildman–Crippen MR) is 78.8 cm³/mol. The van der Waals surface area contributed by atoms with E-state index in [0.29, 0.717) is 24.7 Å². The summed E-state index contributed by atoms with van der Waals surface area (Å²) in [6.07, 6.45) is 0. The summed E-state index contributed by atoms with van der Waals surface area (Å²) in [5.74, 6) is -0.0579. The molecule has 0 fully saturated rings. The lowest BCUT2D eigenvalue weighted by Crippen LogP contribution is -2.43. The molecule has 1 atom stereocenters. The SMILES string of the molecule is CCn1nc(C)c(Cl)c1CNC(C)C(=O)NCCOC. The molecular formula is C13H23ClN4O2. The average molecular weight is 303 g/mol. The van der Waals surface area contributed by atoms with Gasteiger partial charge in [0, 0.05) is 26.7 Å². The molecule has 1 rings (SSSR count). The fraction of sp³-hybridized carbons (Fsp3) is 0.692. The summed E-state index contributed by atoms with van der Waals surface area (Å²) in [6.45, 7) is 7.97. The Morgan fingerprint density at radius 2 is 2.25 bits per heavy atom. The highest BCUT2D eigenvalue weighted by Gasteiger charge is 2.16. The van der Waals surface area contributed by atoms with E-state index in [2.05, 4.69) is 15.7 Å². The molecule has 114 valence electrons. The summed E-state index contributed by atoms with van der Waals surface area (Å²) < 4.78 is 6.73. The van der Waals surface area contributed by atoms with E-state index in [0.717, 1.165) is 17.9 Å². The molecule has 0 aromatic carbocycles. The molecule has 1 unspecified atom stereocenters. The second-order valence-electron chi connectivity index (χ2n) is 4.55. The summed E-state index contributed by atoms with van der Waals surface area (Å²) in [5, 5.41) is 10.9. The molecule has 0 radical (unpaired) electrons. The molecule has 7 heteroatoms. The van der Waals surface area contributed by atoms with Crippen molar-refractivity contribution in [3.05, 3.63) is 16.4 Å². The Bertz CT molecular complexity index is 448. The third-order valence-electron chi connectivity index (χ3n) is 3.03. The Morgan fingerprint density at radius 3 is 2.85 bits per heavy atom. The van der Waals surface area contributed by atoms with E-state index in [9.17, 15) is 4.79 Å². The van der Waals surface area contributed by atoms with Crippen molar-refractivity contribution in [1.82, 2.24) is 20.4 Å². The van der Waals surface area contributed by atoms with Crippen LogP contribution in [0.4, 0.5) is 0 Å². The molecule has 1 aromatic rings. The van der Waals surface area contributed by atoms with Gasteiger partial charge >= 0.3 is 0 Å². The summed E-state index contributed by atoms with van der Waals surface area (Å²) in [5.41, 5.74) is 1.71. The molecule has 6 nitrogen and oxygen atoms in total. The maximum atomic E-state index is 11.8. The average Bonchev–Trinajstić information content (AvgIpc) is 2.71. The molecular weight excluding hydrogens is 280 g/mol. The van der Waals surface area contributed by atoms with Crippen LogP contribution in [0, 0.1) is 6.92 Å². The van der Waals surface area contributed by atoms with Crippen LogP contribution in [0.15, 0.2) is 0 Å². The molecule has 1 aromatic heterocycles. The Labute approximate surface area is 124 Å². The van der Waals surface area contributed by atoms with Gasteiger partial charge in [-0.1, -0.05) is 11.6 Å². The summed E-state index contributed by atoms with van der Waals surface area (Å²) in [4.78, 5) is 11.8. The third kappa shape index (κ3) is 4.47. The van der Waals surface area contributed by atoms with Gasteiger partial charge in [0.15, 0.2) is 0 Å². The van der Waals surface area contributed by atoms with Crippen molar-refractivity contribution in [3.63, 3.8) is 0 Å². The number of nitrogens with one attached hydrogen (secondary N) is 2. The number of methoxy groups -OCH3 is 1. The third-order valence-corrected chi connectivity index (χ3v) is 3.52. The molecule has 0 aliphatic heterocycles. The number of aromatic nitrogens is 2. The lowest BCUT2D eigenvalue weighted by atomic mass is 10.3.